The van der Waals surface area contributed by atoms with Crippen molar-refractivity contribution in [1.29, 1.82) is 0 Å². The maximum absolute atomic E-state index is 10.3. The molecule has 3 rings (SSSR count). The number of nitrogens with zero attached hydrogens (tertiary/aromatic N) is 4. The van der Waals surface area contributed by atoms with Crippen molar-refractivity contribution in [3.63, 3.8) is 0 Å². The Bertz CT molecular complexity index is 980. The summed E-state index contributed by atoms with van der Waals surface area (Å²) in [5, 5.41) is 29.6. The van der Waals surface area contributed by atoms with Crippen LogP contribution in [0.3, 0.4) is 0 Å². The minimum Gasteiger partial charge on any atom is -0.394 e. The summed E-state index contributed by atoms with van der Waals surface area (Å²) in [4.78, 5) is 15.6. The summed E-state index contributed by atoms with van der Waals surface area (Å²) in [6.07, 6.45) is -1.17. The summed E-state index contributed by atoms with van der Waals surface area (Å²) in [6, 6.07) is 0. The number of ether oxygens (including phenoxy) is 2. The molecule has 2 aromatic heterocycles. The van der Waals surface area contributed by atoms with Crippen LogP contribution in [0.5, 0.6) is 0 Å². The predicted octanol–water partition coefficient (Wildman–Crippen LogP) is 0.0330. The van der Waals surface area contributed by atoms with E-state index >= 15 is 0 Å². The second-order valence-electron chi connectivity index (χ2n) is 8.04. The van der Waals surface area contributed by atoms with Gasteiger partial charge in [0.05, 0.1) is 38.0 Å². The Labute approximate surface area is 170 Å². The number of fused-ring (bicyclic) bond motifs is 1. The van der Waals surface area contributed by atoms with Gasteiger partial charge in [-0.3, -0.25) is 9.56 Å². The highest BCUT2D eigenvalue weighted by molar-refractivity contribution is 5.68. The zero-order valence-corrected chi connectivity index (χ0v) is 17.0. The number of aromatic amines is 1. The summed E-state index contributed by atoms with van der Waals surface area (Å²) < 4.78 is 20.7. The normalized spacial score (nSPS) is 27.1. The van der Waals surface area contributed by atoms with Gasteiger partial charge in [-0.2, -0.15) is 0 Å². The van der Waals surface area contributed by atoms with Crippen molar-refractivity contribution in [1.82, 2.24) is 19.5 Å². The Balaban J connectivity index is 1.87. The van der Waals surface area contributed by atoms with Crippen LogP contribution in [-0.4, -0.2) is 78.5 Å². The van der Waals surface area contributed by atoms with Crippen molar-refractivity contribution >= 4 is 11.2 Å². The van der Waals surface area contributed by atoms with Crippen LogP contribution in [0.4, 0.5) is 0 Å². The van der Waals surface area contributed by atoms with Crippen molar-refractivity contribution in [3.8, 4) is 0 Å². The number of hydrogen-bond donors (Lipinski definition) is 4. The minimum atomic E-state index is -1.26. The number of aromatic nitrogens is 4. The molecule has 0 bridgehead atoms. The highest BCUT2D eigenvalue weighted by atomic mass is 16.6. The Morgan fingerprint density at radius 3 is 2.83 bits per heavy atom. The fourth-order valence-corrected chi connectivity index (χ4v) is 2.93. The average Bonchev–Trinajstić information content (AvgIpc) is 3.21. The molecule has 0 aliphatic carbocycles. The number of nitrogens with one attached hydrogen (secondary N) is 1. The smallest absolute Gasteiger partial charge is 0.179 e. The van der Waals surface area contributed by atoms with Gasteiger partial charge >= 0.3 is 0 Å². The predicted molar refractivity (Wildman–Crippen MR) is 105 cm³/mol. The largest absolute Gasteiger partial charge is 0.394 e. The molecule has 4 atom stereocenters. The lowest BCUT2D eigenvalue weighted by atomic mass is 10.1. The molecule has 29 heavy (non-hydrogen) atoms. The number of aliphatic hydroxyl groups excluding tert-OH is 3. The fourth-order valence-electron chi connectivity index (χ4n) is 2.93. The van der Waals surface area contributed by atoms with Crippen molar-refractivity contribution in [3.05, 3.63) is 29.8 Å². The van der Waals surface area contributed by atoms with Gasteiger partial charge in [-0.1, -0.05) is 6.08 Å². The molecule has 1 aliphatic heterocycles. The molecule has 0 unspecified atom stereocenters. The molecule has 2 aromatic rings. The number of H-pyrrole nitrogens is 1. The van der Waals surface area contributed by atoms with Crippen LogP contribution < -0.4 is 5.49 Å². The quantitative estimate of drug-likeness (QED) is 0.494. The molecule has 1 fully saturated rings. The molecule has 0 spiro atoms. The van der Waals surface area contributed by atoms with Gasteiger partial charge in [0.1, 0.15) is 30.8 Å². The third kappa shape index (κ3) is 4.90. The van der Waals surface area contributed by atoms with Crippen LogP contribution in [0.2, 0.25) is 0 Å². The third-order valence-electron chi connectivity index (χ3n) is 4.55. The van der Waals surface area contributed by atoms with Crippen LogP contribution in [0.25, 0.3) is 11.2 Å². The molecule has 10 heteroatoms. The monoisotopic (exact) mass is 409 g/mol. The summed E-state index contributed by atoms with van der Waals surface area (Å²) in [5.41, 5.74) is 1.86. The fraction of sp³-hybridized carbons (Fsp3) is 0.632. The van der Waals surface area contributed by atoms with Gasteiger partial charge in [0.2, 0.25) is 0 Å². The molecule has 0 radical (unpaired) electrons. The first-order valence-corrected chi connectivity index (χ1v) is 9.46. The van der Waals surface area contributed by atoms with Crippen molar-refractivity contribution in [2.45, 2.75) is 57.8 Å². The van der Waals surface area contributed by atoms with Gasteiger partial charge < -0.3 is 29.8 Å². The summed E-state index contributed by atoms with van der Waals surface area (Å²) >= 11 is 0. The van der Waals surface area contributed by atoms with Gasteiger partial charge in [0.25, 0.3) is 0 Å². The summed E-state index contributed by atoms with van der Waals surface area (Å²) in [5.74, 6) is 0. The lowest BCUT2D eigenvalue weighted by Gasteiger charge is -2.19. The Hall–Kier alpha value is -2.11. The third-order valence-corrected chi connectivity index (χ3v) is 4.55. The zero-order valence-electron chi connectivity index (χ0n) is 18.0. The molecule has 160 valence electrons. The molecule has 4 N–H and O–H groups in total. The van der Waals surface area contributed by atoms with Gasteiger partial charge in [-0.15, -0.1) is 0 Å². The summed E-state index contributed by atoms with van der Waals surface area (Å²) in [7, 11) is 0. The number of hydrogen-bond acceptors (Lipinski definition) is 8. The zero-order chi connectivity index (χ0) is 22.1. The Morgan fingerprint density at radius 1 is 1.41 bits per heavy atom. The van der Waals surface area contributed by atoms with E-state index in [1.165, 1.54) is 10.9 Å². The van der Waals surface area contributed by atoms with E-state index in [2.05, 4.69) is 19.9 Å². The average molecular weight is 409 g/mol. The first-order valence-electron chi connectivity index (χ1n) is 9.96. The molecule has 0 saturated carbocycles. The van der Waals surface area contributed by atoms with E-state index in [1.54, 1.807) is 0 Å². The number of rotatable bonds is 6. The first-order chi connectivity index (χ1) is 14.1. The van der Waals surface area contributed by atoms with Gasteiger partial charge in [-0.25, -0.2) is 9.97 Å². The maximum Gasteiger partial charge on any atom is 0.179 e. The van der Waals surface area contributed by atoms with Crippen LogP contribution in [0.15, 0.2) is 29.3 Å². The van der Waals surface area contributed by atoms with Crippen LogP contribution in [-0.2, 0) is 9.47 Å². The second kappa shape index (κ2) is 8.72. The van der Waals surface area contributed by atoms with Crippen LogP contribution in [0, 0.1) is 0 Å². The van der Waals surface area contributed by atoms with E-state index in [9.17, 15) is 15.3 Å². The molecular weight excluding hydrogens is 378 g/mol. The Kier molecular flexibility index (Phi) is 6.07. The van der Waals surface area contributed by atoms with Crippen molar-refractivity contribution in [2.24, 2.45) is 4.99 Å². The summed E-state index contributed by atoms with van der Waals surface area (Å²) in [6.45, 7) is 8.33. The van der Waals surface area contributed by atoms with Crippen LogP contribution >= 0.6 is 0 Å². The van der Waals surface area contributed by atoms with E-state index in [-0.39, 0.29) is 17.4 Å². The number of aliphatic hydroxyl groups is 3. The molecule has 0 amide bonds. The topological polar surface area (TPSA) is 138 Å². The van der Waals surface area contributed by atoms with E-state index in [1.807, 2.05) is 33.8 Å². The molecule has 0 aromatic carbocycles. The SMILES string of the molecule is [3H]c1nc(=NC/C=C(\C)COC(C)(C)C)c2ncn([C@@H]3O[C@H](CO)[C@@H](O)[C@H]3O)c2[nH]1. The van der Waals surface area contributed by atoms with Crippen molar-refractivity contribution in [2.75, 3.05) is 19.8 Å². The minimum absolute atomic E-state index is 0.133. The standard InChI is InChI=1S/C19H29N5O5/c1-11(8-28-19(2,3)4)5-6-20-16-13-17(22-9-21-16)24(10-23-13)18-15(27)14(26)12(7-25)29-18/h5,9-10,12,14-15,18,25-27H,6-8H2,1-4H3,(H,20,21,22)/b11-5+/t12-,14-,15-,18-/m1/s1/i9T. The molecule has 1 aliphatic rings. The molecule has 3 heterocycles. The molecule has 10 nitrogen and oxygen atoms in total. The van der Waals surface area contributed by atoms with E-state index < -0.39 is 31.1 Å². The highest BCUT2D eigenvalue weighted by Crippen LogP contribution is 2.30. The van der Waals surface area contributed by atoms with E-state index in [0.29, 0.717) is 24.3 Å². The van der Waals surface area contributed by atoms with Gasteiger partial charge in [-0.05, 0) is 33.3 Å². The van der Waals surface area contributed by atoms with E-state index in [4.69, 9.17) is 10.8 Å². The van der Waals surface area contributed by atoms with Crippen LogP contribution in [0.1, 0.15) is 35.3 Å². The Morgan fingerprint density at radius 2 is 2.17 bits per heavy atom. The van der Waals surface area contributed by atoms with Gasteiger partial charge in [0, 0.05) is 0 Å². The van der Waals surface area contributed by atoms with E-state index in [0.717, 1.165) is 5.57 Å². The lowest BCUT2D eigenvalue weighted by Crippen LogP contribution is -2.33. The maximum atomic E-state index is 10.3. The van der Waals surface area contributed by atoms with Gasteiger partial charge in [0.15, 0.2) is 11.7 Å². The first kappa shape index (κ1) is 20.2. The second-order valence-corrected chi connectivity index (χ2v) is 8.04. The van der Waals surface area contributed by atoms with Crippen molar-refractivity contribution < 1.29 is 26.2 Å². The molecular formula is C19H29N5O5. The lowest BCUT2D eigenvalue weighted by molar-refractivity contribution is -0.0511. The number of imidazole rings is 1. The molecule has 1 saturated heterocycles. The highest BCUT2D eigenvalue weighted by Gasteiger charge is 2.43.